The zero-order valence-electron chi connectivity index (χ0n) is 17.7. The van der Waals surface area contributed by atoms with Gasteiger partial charge < -0.3 is 25.7 Å². The fourth-order valence-corrected chi connectivity index (χ4v) is 2.52. The molecule has 0 fully saturated rings. The largest absolute Gasteiger partial charge is 0.473 e. The minimum atomic E-state index is -1.82. The van der Waals surface area contributed by atoms with Crippen LogP contribution in [0.1, 0.15) is 22.7 Å². The highest BCUT2D eigenvalue weighted by Gasteiger charge is 2.20. The number of carbonyl (C=O) groups excluding carboxylic acids is 1. The number of likely N-dealkylation sites (N-methyl/N-ethyl adjacent to an activating group) is 1. The first-order chi connectivity index (χ1) is 14.1. The molecule has 2 aromatic rings. The fourth-order valence-electron chi connectivity index (χ4n) is 2.52. The summed E-state index contributed by atoms with van der Waals surface area (Å²) in [7, 11) is 4.05. The van der Waals surface area contributed by atoms with Crippen LogP contribution in [0.3, 0.4) is 0 Å². The molecule has 0 aliphatic heterocycles. The fraction of sp³-hybridized carbons (Fsp3) is 0.318. The highest BCUT2D eigenvalue weighted by atomic mass is 16.4. The number of aliphatic carboxylic acids is 2. The average molecular weight is 415 g/mol. The summed E-state index contributed by atoms with van der Waals surface area (Å²) in [5.74, 6) is -3.68. The molecule has 162 valence electrons. The summed E-state index contributed by atoms with van der Waals surface area (Å²) in [6.45, 7) is 5.65. The predicted molar refractivity (Wildman–Crippen MR) is 116 cm³/mol. The second kappa shape index (κ2) is 12.4. The number of hydrogen-bond donors (Lipinski definition) is 4. The zero-order chi connectivity index (χ0) is 22.7. The van der Waals surface area contributed by atoms with Crippen molar-refractivity contribution in [2.24, 2.45) is 0 Å². The van der Waals surface area contributed by atoms with Gasteiger partial charge in [-0.2, -0.15) is 0 Å². The maximum atomic E-state index is 12.9. The number of anilines is 1. The molecule has 0 saturated carbocycles. The van der Waals surface area contributed by atoms with Gasteiger partial charge in [0.05, 0.1) is 0 Å². The molecule has 1 atom stereocenters. The molecule has 0 bridgehead atoms. The first-order valence-corrected chi connectivity index (χ1v) is 9.39. The third-order valence-corrected chi connectivity index (χ3v) is 4.14. The Balaban J connectivity index is 0.000000656. The standard InChI is InChI=1S/C20H27N3O.C2H2O4/c1-15-10-11-16(2)18(14-15)22-20(24)19(21-12-13-23(3)4)17-8-6-5-7-9-17;3-1(4)2(5)6/h5-11,14,19,21H,12-13H2,1-4H3,(H,22,24);(H,3,4)(H,5,6). The minimum Gasteiger partial charge on any atom is -0.473 e. The van der Waals surface area contributed by atoms with Gasteiger partial charge in [0.2, 0.25) is 5.91 Å². The van der Waals surface area contributed by atoms with E-state index in [-0.39, 0.29) is 11.9 Å². The first kappa shape index (κ1) is 24.8. The van der Waals surface area contributed by atoms with Crippen molar-refractivity contribution in [2.45, 2.75) is 19.9 Å². The van der Waals surface area contributed by atoms with E-state index in [0.29, 0.717) is 0 Å². The molecular weight excluding hydrogens is 386 g/mol. The SMILES string of the molecule is Cc1ccc(C)c(NC(=O)C(NCCN(C)C)c2ccccc2)c1.O=C(O)C(=O)O. The second-order valence-electron chi connectivity index (χ2n) is 7.02. The van der Waals surface area contributed by atoms with Crippen LogP contribution in [0.5, 0.6) is 0 Å². The Bertz CT molecular complexity index is 841. The molecule has 8 nitrogen and oxygen atoms in total. The van der Waals surface area contributed by atoms with Gasteiger partial charge in [0, 0.05) is 18.8 Å². The summed E-state index contributed by atoms with van der Waals surface area (Å²) in [6, 6.07) is 15.6. The van der Waals surface area contributed by atoms with E-state index >= 15 is 0 Å². The van der Waals surface area contributed by atoms with Crippen molar-refractivity contribution < 1.29 is 24.6 Å². The molecule has 0 radical (unpaired) electrons. The number of carboxylic acids is 2. The lowest BCUT2D eigenvalue weighted by atomic mass is 10.1. The lowest BCUT2D eigenvalue weighted by Gasteiger charge is -2.21. The molecule has 0 aliphatic rings. The van der Waals surface area contributed by atoms with Crippen LogP contribution in [0.4, 0.5) is 5.69 Å². The van der Waals surface area contributed by atoms with Crippen LogP contribution in [-0.4, -0.2) is 60.1 Å². The molecule has 4 N–H and O–H groups in total. The summed E-state index contributed by atoms with van der Waals surface area (Å²) in [6.07, 6.45) is 0. The summed E-state index contributed by atoms with van der Waals surface area (Å²) >= 11 is 0. The third kappa shape index (κ3) is 8.85. The molecule has 30 heavy (non-hydrogen) atoms. The predicted octanol–water partition coefficient (Wildman–Crippen LogP) is 2.29. The van der Waals surface area contributed by atoms with Crippen LogP contribution < -0.4 is 10.6 Å². The van der Waals surface area contributed by atoms with Crippen molar-refractivity contribution in [3.05, 3.63) is 65.2 Å². The van der Waals surface area contributed by atoms with Crippen LogP contribution in [0.15, 0.2) is 48.5 Å². The monoisotopic (exact) mass is 415 g/mol. The van der Waals surface area contributed by atoms with E-state index in [4.69, 9.17) is 19.8 Å². The van der Waals surface area contributed by atoms with Crippen molar-refractivity contribution in [2.75, 3.05) is 32.5 Å². The molecule has 0 aliphatic carbocycles. The third-order valence-electron chi connectivity index (χ3n) is 4.14. The van der Waals surface area contributed by atoms with Crippen LogP contribution in [0.2, 0.25) is 0 Å². The Morgan fingerprint density at radius 3 is 2.10 bits per heavy atom. The van der Waals surface area contributed by atoms with Crippen LogP contribution in [-0.2, 0) is 14.4 Å². The summed E-state index contributed by atoms with van der Waals surface area (Å²) < 4.78 is 0. The van der Waals surface area contributed by atoms with Crippen LogP contribution in [0.25, 0.3) is 0 Å². The van der Waals surface area contributed by atoms with Crippen molar-refractivity contribution in [3.63, 3.8) is 0 Å². The highest BCUT2D eigenvalue weighted by Crippen LogP contribution is 2.20. The second-order valence-corrected chi connectivity index (χ2v) is 7.02. The lowest BCUT2D eigenvalue weighted by Crippen LogP contribution is -2.36. The zero-order valence-corrected chi connectivity index (χ0v) is 17.7. The number of nitrogens with zero attached hydrogens (tertiary/aromatic N) is 1. The number of carbonyl (C=O) groups is 3. The number of nitrogens with one attached hydrogen (secondary N) is 2. The van der Waals surface area contributed by atoms with E-state index < -0.39 is 11.9 Å². The topological polar surface area (TPSA) is 119 Å². The normalized spacial score (nSPS) is 11.2. The molecule has 0 spiro atoms. The van der Waals surface area contributed by atoms with Crippen LogP contribution >= 0.6 is 0 Å². The summed E-state index contributed by atoms with van der Waals surface area (Å²) in [4.78, 5) is 33.2. The molecular formula is C22H29N3O5. The number of rotatable bonds is 7. The molecule has 0 saturated heterocycles. The highest BCUT2D eigenvalue weighted by molar-refractivity contribution is 6.27. The van der Waals surface area contributed by atoms with Crippen molar-refractivity contribution >= 4 is 23.5 Å². The Hall–Kier alpha value is -3.23. The Morgan fingerprint density at radius 2 is 1.57 bits per heavy atom. The average Bonchev–Trinajstić information content (AvgIpc) is 2.69. The van der Waals surface area contributed by atoms with Gasteiger partial charge in [-0.05, 0) is 50.7 Å². The molecule has 8 heteroatoms. The van der Waals surface area contributed by atoms with Crippen molar-refractivity contribution in [1.82, 2.24) is 10.2 Å². The Morgan fingerprint density at radius 1 is 0.967 bits per heavy atom. The smallest absolute Gasteiger partial charge is 0.414 e. The molecule has 0 heterocycles. The number of carboxylic acid groups (broad SMARTS) is 2. The Kier molecular flexibility index (Phi) is 10.2. The number of hydrogen-bond acceptors (Lipinski definition) is 5. The van der Waals surface area contributed by atoms with Gasteiger partial charge in [-0.15, -0.1) is 0 Å². The minimum absolute atomic E-state index is 0.0337. The van der Waals surface area contributed by atoms with E-state index in [9.17, 15) is 4.79 Å². The van der Waals surface area contributed by atoms with E-state index in [0.717, 1.165) is 35.5 Å². The van der Waals surface area contributed by atoms with Gasteiger partial charge in [-0.25, -0.2) is 9.59 Å². The van der Waals surface area contributed by atoms with E-state index in [1.807, 2.05) is 70.4 Å². The van der Waals surface area contributed by atoms with Crippen molar-refractivity contribution in [3.8, 4) is 0 Å². The lowest BCUT2D eigenvalue weighted by molar-refractivity contribution is -0.159. The number of benzene rings is 2. The summed E-state index contributed by atoms with van der Waals surface area (Å²) in [5.41, 5.74) is 4.04. The van der Waals surface area contributed by atoms with Crippen LogP contribution in [0, 0.1) is 13.8 Å². The first-order valence-electron chi connectivity index (χ1n) is 9.39. The van der Waals surface area contributed by atoms with Gasteiger partial charge in [0.25, 0.3) is 0 Å². The van der Waals surface area contributed by atoms with Crippen molar-refractivity contribution in [1.29, 1.82) is 0 Å². The maximum Gasteiger partial charge on any atom is 0.414 e. The van der Waals surface area contributed by atoms with E-state index in [2.05, 4.69) is 21.6 Å². The number of amides is 1. The van der Waals surface area contributed by atoms with Gasteiger partial charge >= 0.3 is 11.9 Å². The van der Waals surface area contributed by atoms with Gasteiger partial charge in [0.15, 0.2) is 0 Å². The van der Waals surface area contributed by atoms with Gasteiger partial charge in [-0.3, -0.25) is 4.79 Å². The molecule has 2 aromatic carbocycles. The Labute approximate surface area is 176 Å². The molecule has 2 rings (SSSR count). The summed E-state index contributed by atoms with van der Waals surface area (Å²) in [5, 5.41) is 21.2. The van der Waals surface area contributed by atoms with E-state index in [1.165, 1.54) is 0 Å². The molecule has 1 unspecified atom stereocenters. The van der Waals surface area contributed by atoms with E-state index in [1.54, 1.807) is 0 Å². The van der Waals surface area contributed by atoms with Gasteiger partial charge in [0.1, 0.15) is 6.04 Å². The quantitative estimate of drug-likeness (QED) is 0.512. The van der Waals surface area contributed by atoms with Gasteiger partial charge in [-0.1, -0.05) is 42.5 Å². The molecule has 1 amide bonds. The number of aryl methyl sites for hydroxylation is 2. The maximum absolute atomic E-state index is 12.9. The molecule has 0 aromatic heterocycles.